The second-order valence-corrected chi connectivity index (χ2v) is 8.49. The Morgan fingerprint density at radius 1 is 1.28 bits per heavy atom. The zero-order valence-corrected chi connectivity index (χ0v) is 18.4. The number of nitrogens with one attached hydrogen (secondary N) is 1. The first-order chi connectivity index (χ1) is 15.6. The lowest BCUT2D eigenvalue weighted by Crippen LogP contribution is -2.35. The predicted octanol–water partition coefficient (Wildman–Crippen LogP) is 3.48. The summed E-state index contributed by atoms with van der Waals surface area (Å²) < 4.78 is 7.26. The number of fused-ring (bicyclic) bond motifs is 2. The molecule has 0 fully saturated rings. The Morgan fingerprint density at radius 2 is 2.16 bits per heavy atom. The van der Waals surface area contributed by atoms with E-state index in [-0.39, 0.29) is 5.91 Å². The van der Waals surface area contributed by atoms with Crippen molar-refractivity contribution in [1.82, 2.24) is 25.0 Å². The van der Waals surface area contributed by atoms with Gasteiger partial charge in [0.1, 0.15) is 5.76 Å². The van der Waals surface area contributed by atoms with Crippen molar-refractivity contribution in [3.8, 4) is 0 Å². The van der Waals surface area contributed by atoms with Crippen LogP contribution in [0.15, 0.2) is 59.3 Å². The predicted molar refractivity (Wildman–Crippen MR) is 122 cm³/mol. The SMILES string of the molecule is CN(Cc1ccco1)C(=O)c1nn(C)c2c1C[C@@H](NCc1cnc3ccccc3c1)CC2. The molecule has 0 radical (unpaired) electrons. The summed E-state index contributed by atoms with van der Waals surface area (Å²) in [6, 6.07) is 14.3. The second-order valence-electron chi connectivity index (χ2n) is 8.49. The number of carbonyl (C=O) groups is 1. The van der Waals surface area contributed by atoms with Crippen molar-refractivity contribution in [3.05, 3.63) is 83.2 Å². The molecule has 0 saturated heterocycles. The lowest BCUT2D eigenvalue weighted by molar-refractivity contribution is 0.0767. The van der Waals surface area contributed by atoms with Crippen molar-refractivity contribution in [2.24, 2.45) is 7.05 Å². The first-order valence-electron chi connectivity index (χ1n) is 11.0. The van der Waals surface area contributed by atoms with Crippen LogP contribution in [-0.2, 0) is 33.0 Å². The number of amides is 1. The first-order valence-corrected chi connectivity index (χ1v) is 11.0. The minimum atomic E-state index is -0.0716. The highest BCUT2D eigenvalue weighted by atomic mass is 16.3. The van der Waals surface area contributed by atoms with Gasteiger partial charge < -0.3 is 14.6 Å². The van der Waals surface area contributed by atoms with Gasteiger partial charge in [-0.1, -0.05) is 18.2 Å². The van der Waals surface area contributed by atoms with E-state index in [1.54, 1.807) is 18.2 Å². The third kappa shape index (κ3) is 4.03. The van der Waals surface area contributed by atoms with Crippen LogP contribution in [0.4, 0.5) is 0 Å². The Morgan fingerprint density at radius 3 is 3.00 bits per heavy atom. The van der Waals surface area contributed by atoms with Crippen molar-refractivity contribution in [2.75, 3.05) is 7.05 Å². The van der Waals surface area contributed by atoms with Crippen LogP contribution in [0.1, 0.15) is 39.5 Å². The number of pyridine rings is 1. The molecular weight excluding hydrogens is 402 g/mol. The topological polar surface area (TPSA) is 76.2 Å². The molecule has 1 aliphatic carbocycles. The number of rotatable bonds is 6. The zero-order chi connectivity index (χ0) is 22.1. The molecule has 3 aromatic heterocycles. The van der Waals surface area contributed by atoms with E-state index < -0.39 is 0 Å². The zero-order valence-electron chi connectivity index (χ0n) is 18.4. The van der Waals surface area contributed by atoms with Crippen LogP contribution in [0.2, 0.25) is 0 Å². The van der Waals surface area contributed by atoms with E-state index in [1.165, 1.54) is 0 Å². The van der Waals surface area contributed by atoms with E-state index in [1.807, 2.05) is 48.3 Å². The largest absolute Gasteiger partial charge is 0.467 e. The molecule has 0 aliphatic heterocycles. The number of para-hydroxylation sites is 1. The van der Waals surface area contributed by atoms with Crippen molar-refractivity contribution < 1.29 is 9.21 Å². The van der Waals surface area contributed by atoms with Gasteiger partial charge in [0.25, 0.3) is 5.91 Å². The average molecular weight is 430 g/mol. The number of hydrogen-bond acceptors (Lipinski definition) is 5. The molecule has 7 nitrogen and oxygen atoms in total. The molecule has 0 unspecified atom stereocenters. The van der Waals surface area contributed by atoms with E-state index in [0.717, 1.165) is 59.3 Å². The minimum absolute atomic E-state index is 0.0716. The van der Waals surface area contributed by atoms with E-state index in [4.69, 9.17) is 4.42 Å². The van der Waals surface area contributed by atoms with E-state index in [2.05, 4.69) is 27.5 Å². The van der Waals surface area contributed by atoms with Gasteiger partial charge in [-0.25, -0.2) is 0 Å². The summed E-state index contributed by atoms with van der Waals surface area (Å²) in [5.74, 6) is 0.687. The van der Waals surface area contributed by atoms with Gasteiger partial charge in [-0.3, -0.25) is 14.5 Å². The summed E-state index contributed by atoms with van der Waals surface area (Å²) in [4.78, 5) is 19.4. The number of nitrogens with zero attached hydrogens (tertiary/aromatic N) is 4. The molecule has 32 heavy (non-hydrogen) atoms. The molecule has 7 heteroatoms. The molecule has 1 aliphatic rings. The maximum absolute atomic E-state index is 13.1. The molecule has 5 rings (SSSR count). The third-order valence-electron chi connectivity index (χ3n) is 6.22. The van der Waals surface area contributed by atoms with Crippen molar-refractivity contribution in [3.63, 3.8) is 0 Å². The quantitative estimate of drug-likeness (QED) is 0.508. The van der Waals surface area contributed by atoms with E-state index in [9.17, 15) is 4.79 Å². The van der Waals surface area contributed by atoms with Gasteiger partial charge in [-0.2, -0.15) is 5.10 Å². The molecule has 3 heterocycles. The van der Waals surface area contributed by atoms with Gasteiger partial charge in [0.05, 0.1) is 18.3 Å². The van der Waals surface area contributed by atoms with Crippen LogP contribution in [0.5, 0.6) is 0 Å². The number of furan rings is 1. The Kier molecular flexibility index (Phi) is 5.49. The van der Waals surface area contributed by atoms with Crippen LogP contribution >= 0.6 is 0 Å². The molecule has 164 valence electrons. The molecule has 1 N–H and O–H groups in total. The van der Waals surface area contributed by atoms with Gasteiger partial charge in [0, 0.05) is 49.5 Å². The van der Waals surface area contributed by atoms with Crippen LogP contribution in [0.3, 0.4) is 0 Å². The van der Waals surface area contributed by atoms with Crippen LogP contribution in [0, 0.1) is 0 Å². The highest BCUT2D eigenvalue weighted by Crippen LogP contribution is 2.26. The number of aromatic nitrogens is 3. The number of benzene rings is 1. The van der Waals surface area contributed by atoms with Crippen molar-refractivity contribution in [2.45, 2.75) is 38.4 Å². The summed E-state index contributed by atoms with van der Waals surface area (Å²) >= 11 is 0. The maximum Gasteiger partial charge on any atom is 0.274 e. The number of carbonyl (C=O) groups excluding carboxylic acids is 1. The van der Waals surface area contributed by atoms with Crippen LogP contribution < -0.4 is 5.32 Å². The summed E-state index contributed by atoms with van der Waals surface area (Å²) in [6.07, 6.45) is 6.27. The van der Waals surface area contributed by atoms with Gasteiger partial charge >= 0.3 is 0 Å². The fourth-order valence-corrected chi connectivity index (χ4v) is 4.50. The van der Waals surface area contributed by atoms with Crippen molar-refractivity contribution >= 4 is 16.8 Å². The standard InChI is InChI=1S/C25H27N5O2/c1-29(16-20-7-5-11-32-20)25(31)24-21-13-19(9-10-23(21)30(2)28-24)26-14-17-12-18-6-3-4-8-22(18)27-15-17/h3-8,11-12,15,19,26H,9-10,13-14,16H2,1-2H3/t19-/m0/s1. The Hall–Kier alpha value is -3.45. The highest BCUT2D eigenvalue weighted by molar-refractivity contribution is 5.94. The van der Waals surface area contributed by atoms with Crippen molar-refractivity contribution in [1.29, 1.82) is 0 Å². The molecule has 0 bridgehead atoms. The number of hydrogen-bond donors (Lipinski definition) is 1. The fraction of sp³-hybridized carbons (Fsp3) is 0.320. The van der Waals surface area contributed by atoms with E-state index in [0.29, 0.717) is 18.3 Å². The second kappa shape index (κ2) is 8.59. The molecule has 4 aromatic rings. The summed E-state index contributed by atoms with van der Waals surface area (Å²) in [5.41, 5.74) is 4.94. The van der Waals surface area contributed by atoms with Gasteiger partial charge in [0.2, 0.25) is 0 Å². The summed E-state index contributed by atoms with van der Waals surface area (Å²) in [7, 11) is 3.72. The normalized spacial score (nSPS) is 15.6. The lowest BCUT2D eigenvalue weighted by Gasteiger charge is -2.25. The monoisotopic (exact) mass is 429 g/mol. The molecule has 0 saturated carbocycles. The van der Waals surface area contributed by atoms with Gasteiger partial charge in [0.15, 0.2) is 5.69 Å². The Bertz CT molecular complexity index is 1240. The molecule has 1 aromatic carbocycles. The Balaban J connectivity index is 1.28. The fourth-order valence-electron chi connectivity index (χ4n) is 4.50. The molecule has 1 amide bonds. The molecule has 1 atom stereocenters. The average Bonchev–Trinajstić information content (AvgIpc) is 3.44. The van der Waals surface area contributed by atoms with Gasteiger partial charge in [-0.05, 0) is 49.1 Å². The molecular formula is C25H27N5O2. The smallest absolute Gasteiger partial charge is 0.274 e. The Labute approximate surface area is 187 Å². The minimum Gasteiger partial charge on any atom is -0.467 e. The van der Waals surface area contributed by atoms with Crippen LogP contribution in [0.25, 0.3) is 10.9 Å². The van der Waals surface area contributed by atoms with Gasteiger partial charge in [-0.15, -0.1) is 0 Å². The maximum atomic E-state index is 13.1. The van der Waals surface area contributed by atoms with Crippen LogP contribution in [-0.4, -0.2) is 38.7 Å². The number of aryl methyl sites for hydroxylation is 1. The summed E-state index contributed by atoms with van der Waals surface area (Å²) in [6.45, 7) is 1.17. The molecule has 0 spiro atoms. The third-order valence-corrected chi connectivity index (χ3v) is 6.22. The van der Waals surface area contributed by atoms with E-state index >= 15 is 0 Å². The summed E-state index contributed by atoms with van der Waals surface area (Å²) in [5, 5.41) is 9.40. The highest BCUT2D eigenvalue weighted by Gasteiger charge is 2.29. The first kappa shape index (κ1) is 20.5. The lowest BCUT2D eigenvalue weighted by atomic mass is 9.91.